The van der Waals surface area contributed by atoms with Crippen LogP contribution in [0.2, 0.25) is 5.02 Å². The smallest absolute Gasteiger partial charge is 0.223 e. The van der Waals surface area contributed by atoms with Crippen molar-refractivity contribution >= 4 is 17.5 Å². The van der Waals surface area contributed by atoms with Crippen LogP contribution >= 0.6 is 11.6 Å². The Bertz CT molecular complexity index is 630. The third-order valence-corrected chi connectivity index (χ3v) is 4.07. The van der Waals surface area contributed by atoms with Gasteiger partial charge in [0.15, 0.2) is 0 Å². The molecule has 0 aliphatic carbocycles. The van der Waals surface area contributed by atoms with Crippen molar-refractivity contribution in [2.75, 3.05) is 13.2 Å². The minimum Gasteiger partial charge on any atom is -0.459 e. The Labute approximate surface area is 134 Å². The predicted molar refractivity (Wildman–Crippen MR) is 84.5 cm³/mol. The van der Waals surface area contributed by atoms with E-state index in [-0.39, 0.29) is 11.8 Å². The van der Waals surface area contributed by atoms with Gasteiger partial charge in [0.25, 0.3) is 0 Å². The molecule has 1 N–H and O–H groups in total. The Morgan fingerprint density at radius 3 is 2.59 bits per heavy atom. The zero-order chi connectivity index (χ0) is 15.4. The summed E-state index contributed by atoms with van der Waals surface area (Å²) in [6, 6.07) is 11.3. The Morgan fingerprint density at radius 2 is 1.86 bits per heavy atom. The van der Waals surface area contributed by atoms with Gasteiger partial charge in [-0.15, -0.1) is 0 Å². The van der Waals surface area contributed by atoms with Gasteiger partial charge >= 0.3 is 0 Å². The van der Waals surface area contributed by atoms with E-state index in [0.717, 1.165) is 29.9 Å². The van der Waals surface area contributed by atoms with Gasteiger partial charge in [-0.25, -0.2) is 0 Å². The van der Waals surface area contributed by atoms with Crippen LogP contribution in [0.4, 0.5) is 0 Å². The molecule has 22 heavy (non-hydrogen) atoms. The maximum atomic E-state index is 12.1. The highest BCUT2D eigenvalue weighted by atomic mass is 35.5. The van der Waals surface area contributed by atoms with Crippen molar-refractivity contribution in [3.8, 4) is 11.3 Å². The molecule has 1 aromatic heterocycles. The molecule has 2 heterocycles. The maximum Gasteiger partial charge on any atom is 0.223 e. The quantitative estimate of drug-likeness (QED) is 0.936. The standard InChI is InChI=1S/C17H18ClNO3/c18-14-3-1-12(2-4-14)16-6-5-15(22-16)11-19-17(20)13-7-9-21-10-8-13/h1-6,13H,7-11H2,(H,19,20). The van der Waals surface area contributed by atoms with Crippen LogP contribution < -0.4 is 5.32 Å². The molecule has 1 aromatic carbocycles. The fourth-order valence-corrected chi connectivity index (χ4v) is 2.65. The van der Waals surface area contributed by atoms with Gasteiger partial charge in [-0.05, 0) is 49.2 Å². The summed E-state index contributed by atoms with van der Waals surface area (Å²) in [5.74, 6) is 1.64. The number of benzene rings is 1. The summed E-state index contributed by atoms with van der Waals surface area (Å²) in [7, 11) is 0. The summed E-state index contributed by atoms with van der Waals surface area (Å²) in [6.45, 7) is 1.74. The van der Waals surface area contributed by atoms with E-state index in [1.807, 2.05) is 36.4 Å². The number of rotatable bonds is 4. The molecule has 1 saturated heterocycles. The van der Waals surface area contributed by atoms with Crippen LogP contribution in [0, 0.1) is 5.92 Å². The molecular formula is C17H18ClNO3. The first-order chi connectivity index (χ1) is 10.7. The van der Waals surface area contributed by atoms with Crippen LogP contribution in [0.3, 0.4) is 0 Å². The normalized spacial score (nSPS) is 15.7. The van der Waals surface area contributed by atoms with Crippen molar-refractivity contribution in [3.63, 3.8) is 0 Å². The molecule has 0 spiro atoms. The highest BCUT2D eigenvalue weighted by Crippen LogP contribution is 2.24. The summed E-state index contributed by atoms with van der Waals surface area (Å²) in [5.41, 5.74) is 0.964. The molecule has 116 valence electrons. The largest absolute Gasteiger partial charge is 0.459 e. The van der Waals surface area contributed by atoms with Crippen LogP contribution in [0.1, 0.15) is 18.6 Å². The van der Waals surface area contributed by atoms with Crippen molar-refractivity contribution in [1.29, 1.82) is 0 Å². The second-order valence-corrected chi connectivity index (χ2v) is 5.81. The van der Waals surface area contributed by atoms with Gasteiger partial charge < -0.3 is 14.5 Å². The van der Waals surface area contributed by atoms with E-state index in [1.165, 1.54) is 0 Å². The van der Waals surface area contributed by atoms with Crippen molar-refractivity contribution in [2.24, 2.45) is 5.92 Å². The van der Waals surface area contributed by atoms with E-state index in [0.29, 0.717) is 24.8 Å². The lowest BCUT2D eigenvalue weighted by Gasteiger charge is -2.20. The fraction of sp³-hybridized carbons (Fsp3) is 0.353. The zero-order valence-corrected chi connectivity index (χ0v) is 12.9. The van der Waals surface area contributed by atoms with Crippen LogP contribution in [-0.2, 0) is 16.1 Å². The second kappa shape index (κ2) is 6.99. The first-order valence-corrected chi connectivity index (χ1v) is 7.80. The molecule has 0 unspecified atom stereocenters. The molecule has 4 nitrogen and oxygen atoms in total. The topological polar surface area (TPSA) is 51.5 Å². The summed E-state index contributed by atoms with van der Waals surface area (Å²) < 4.78 is 11.0. The van der Waals surface area contributed by atoms with E-state index < -0.39 is 0 Å². The summed E-state index contributed by atoms with van der Waals surface area (Å²) in [5, 5.41) is 3.63. The fourth-order valence-electron chi connectivity index (χ4n) is 2.52. The average Bonchev–Trinajstić information content (AvgIpc) is 3.03. The lowest BCUT2D eigenvalue weighted by Crippen LogP contribution is -2.33. The molecule has 0 radical (unpaired) electrons. The number of ether oxygens (including phenoxy) is 1. The molecule has 0 atom stereocenters. The van der Waals surface area contributed by atoms with Gasteiger partial charge in [-0.2, -0.15) is 0 Å². The van der Waals surface area contributed by atoms with E-state index >= 15 is 0 Å². The number of halogens is 1. The molecule has 5 heteroatoms. The molecule has 1 fully saturated rings. The number of nitrogens with one attached hydrogen (secondary N) is 1. The van der Waals surface area contributed by atoms with E-state index in [9.17, 15) is 4.79 Å². The monoisotopic (exact) mass is 319 g/mol. The van der Waals surface area contributed by atoms with Crippen LogP contribution in [0.25, 0.3) is 11.3 Å². The Morgan fingerprint density at radius 1 is 1.14 bits per heavy atom. The Kier molecular flexibility index (Phi) is 4.80. The van der Waals surface area contributed by atoms with Gasteiger partial charge in [-0.3, -0.25) is 4.79 Å². The minimum absolute atomic E-state index is 0.0550. The number of carbonyl (C=O) groups excluding carboxylic acids is 1. The van der Waals surface area contributed by atoms with Crippen LogP contribution in [-0.4, -0.2) is 19.1 Å². The van der Waals surface area contributed by atoms with Crippen LogP contribution in [0.15, 0.2) is 40.8 Å². The molecule has 0 bridgehead atoms. The number of hydrogen-bond acceptors (Lipinski definition) is 3. The molecular weight excluding hydrogens is 302 g/mol. The molecule has 0 saturated carbocycles. The summed E-state index contributed by atoms with van der Waals surface area (Å²) >= 11 is 5.88. The summed E-state index contributed by atoms with van der Waals surface area (Å²) in [6.07, 6.45) is 1.58. The van der Waals surface area contributed by atoms with E-state index in [2.05, 4.69) is 5.32 Å². The van der Waals surface area contributed by atoms with Crippen molar-refractivity contribution in [2.45, 2.75) is 19.4 Å². The second-order valence-electron chi connectivity index (χ2n) is 5.38. The highest BCUT2D eigenvalue weighted by Gasteiger charge is 2.21. The molecule has 1 aliphatic rings. The Balaban J connectivity index is 1.57. The van der Waals surface area contributed by atoms with Crippen molar-refractivity contribution in [3.05, 3.63) is 47.2 Å². The Hall–Kier alpha value is -1.78. The molecule has 1 amide bonds. The maximum absolute atomic E-state index is 12.1. The number of hydrogen-bond donors (Lipinski definition) is 1. The molecule has 1 aliphatic heterocycles. The van der Waals surface area contributed by atoms with Gasteiger partial charge in [0.2, 0.25) is 5.91 Å². The lowest BCUT2D eigenvalue weighted by molar-refractivity contribution is -0.128. The van der Waals surface area contributed by atoms with Gasteiger partial charge in [0, 0.05) is 29.7 Å². The van der Waals surface area contributed by atoms with E-state index in [1.54, 1.807) is 0 Å². The number of amides is 1. The summed E-state index contributed by atoms with van der Waals surface area (Å²) in [4.78, 5) is 12.1. The third-order valence-electron chi connectivity index (χ3n) is 3.82. The van der Waals surface area contributed by atoms with E-state index in [4.69, 9.17) is 20.8 Å². The number of furan rings is 1. The van der Waals surface area contributed by atoms with Crippen molar-refractivity contribution in [1.82, 2.24) is 5.32 Å². The molecule has 2 aromatic rings. The van der Waals surface area contributed by atoms with Crippen LogP contribution in [0.5, 0.6) is 0 Å². The van der Waals surface area contributed by atoms with Gasteiger partial charge in [0.05, 0.1) is 6.54 Å². The predicted octanol–water partition coefficient (Wildman–Crippen LogP) is 3.64. The first-order valence-electron chi connectivity index (χ1n) is 7.42. The van der Waals surface area contributed by atoms with Gasteiger partial charge in [-0.1, -0.05) is 11.6 Å². The average molecular weight is 320 g/mol. The van der Waals surface area contributed by atoms with Gasteiger partial charge in [0.1, 0.15) is 11.5 Å². The number of carbonyl (C=O) groups is 1. The lowest BCUT2D eigenvalue weighted by atomic mass is 9.99. The SMILES string of the molecule is O=C(NCc1ccc(-c2ccc(Cl)cc2)o1)C1CCOCC1. The third kappa shape index (κ3) is 3.70. The zero-order valence-electron chi connectivity index (χ0n) is 12.2. The molecule has 3 rings (SSSR count). The van der Waals surface area contributed by atoms with Crippen molar-refractivity contribution < 1.29 is 13.9 Å². The minimum atomic E-state index is 0.0550. The first kappa shape index (κ1) is 15.1. The highest BCUT2D eigenvalue weighted by molar-refractivity contribution is 6.30.